The monoisotopic (exact) mass is 485 g/mol. The average molecular weight is 486 g/mol. The van der Waals surface area contributed by atoms with E-state index in [1.165, 1.54) is 6.08 Å². The Morgan fingerprint density at radius 2 is 2.14 bits per heavy atom. The SMILES string of the molecule is C.C=CC(=O)C1CCC[C@@H](Nc2nc(Nc3cccc(OCCN4CCOCC4)c3)ncc2F)C1. The van der Waals surface area contributed by atoms with Crippen LogP contribution in [-0.2, 0) is 9.53 Å². The molecule has 4 rings (SSSR count). The lowest BCUT2D eigenvalue weighted by molar-refractivity contribution is -0.119. The summed E-state index contributed by atoms with van der Waals surface area (Å²) in [6, 6.07) is 7.50. The molecule has 0 bridgehead atoms. The number of ether oxygens (including phenoxy) is 2. The molecule has 2 atom stereocenters. The van der Waals surface area contributed by atoms with Gasteiger partial charge in [-0.15, -0.1) is 0 Å². The summed E-state index contributed by atoms with van der Waals surface area (Å²) in [5, 5.41) is 6.29. The molecule has 1 saturated carbocycles. The van der Waals surface area contributed by atoms with Crippen molar-refractivity contribution in [3.63, 3.8) is 0 Å². The van der Waals surface area contributed by atoms with Crippen molar-refractivity contribution in [3.05, 3.63) is 48.9 Å². The van der Waals surface area contributed by atoms with Crippen molar-refractivity contribution in [1.29, 1.82) is 0 Å². The number of hydrogen-bond donors (Lipinski definition) is 2. The molecule has 2 N–H and O–H groups in total. The molecule has 1 aromatic heterocycles. The van der Waals surface area contributed by atoms with Gasteiger partial charge < -0.3 is 20.1 Å². The molecule has 1 aliphatic carbocycles. The third-order valence-corrected chi connectivity index (χ3v) is 6.23. The number of carbonyl (C=O) groups is 1. The van der Waals surface area contributed by atoms with Crippen LogP contribution in [0.3, 0.4) is 0 Å². The minimum Gasteiger partial charge on any atom is -0.492 e. The summed E-state index contributed by atoms with van der Waals surface area (Å²) in [4.78, 5) is 22.7. The molecule has 2 aromatic rings. The molecular weight excluding hydrogens is 449 g/mol. The van der Waals surface area contributed by atoms with E-state index in [4.69, 9.17) is 9.47 Å². The molecular formula is C26H36FN5O3. The van der Waals surface area contributed by atoms with Crippen molar-refractivity contribution in [2.24, 2.45) is 5.92 Å². The second-order valence-corrected chi connectivity index (χ2v) is 8.66. The summed E-state index contributed by atoms with van der Waals surface area (Å²) in [5.41, 5.74) is 0.746. The minimum absolute atomic E-state index is 0. The first kappa shape index (κ1) is 26.6. The van der Waals surface area contributed by atoms with Crippen LogP contribution in [0.1, 0.15) is 33.1 Å². The number of anilines is 3. The van der Waals surface area contributed by atoms with E-state index in [9.17, 15) is 9.18 Å². The highest BCUT2D eigenvalue weighted by molar-refractivity contribution is 5.91. The molecule has 9 heteroatoms. The Hall–Kier alpha value is -3.04. The highest BCUT2D eigenvalue weighted by Gasteiger charge is 2.26. The van der Waals surface area contributed by atoms with Gasteiger partial charge in [0.15, 0.2) is 17.4 Å². The molecule has 2 aliphatic rings. The molecule has 35 heavy (non-hydrogen) atoms. The van der Waals surface area contributed by atoms with Gasteiger partial charge in [0.25, 0.3) is 0 Å². The van der Waals surface area contributed by atoms with Gasteiger partial charge in [-0.3, -0.25) is 9.69 Å². The number of benzene rings is 1. The van der Waals surface area contributed by atoms with Crippen LogP contribution in [0.4, 0.5) is 21.8 Å². The van der Waals surface area contributed by atoms with Gasteiger partial charge in [-0.1, -0.05) is 26.5 Å². The van der Waals surface area contributed by atoms with E-state index in [1.807, 2.05) is 24.3 Å². The lowest BCUT2D eigenvalue weighted by atomic mass is 9.83. The predicted molar refractivity (Wildman–Crippen MR) is 136 cm³/mol. The zero-order valence-electron chi connectivity index (χ0n) is 19.3. The molecule has 2 heterocycles. The molecule has 8 nitrogen and oxygen atoms in total. The second-order valence-electron chi connectivity index (χ2n) is 8.66. The lowest BCUT2D eigenvalue weighted by Crippen LogP contribution is -2.38. The largest absolute Gasteiger partial charge is 0.492 e. The summed E-state index contributed by atoms with van der Waals surface area (Å²) >= 11 is 0. The van der Waals surface area contributed by atoms with E-state index in [-0.39, 0.29) is 36.9 Å². The van der Waals surface area contributed by atoms with Gasteiger partial charge in [0.1, 0.15) is 12.4 Å². The Kier molecular flexibility index (Phi) is 9.98. The van der Waals surface area contributed by atoms with Gasteiger partial charge in [0, 0.05) is 43.3 Å². The number of allylic oxidation sites excluding steroid dienone is 1. The van der Waals surface area contributed by atoms with Gasteiger partial charge in [0.2, 0.25) is 5.95 Å². The second kappa shape index (κ2) is 13.2. The number of aromatic nitrogens is 2. The number of morpholine rings is 1. The van der Waals surface area contributed by atoms with Crippen molar-refractivity contribution in [2.45, 2.75) is 39.2 Å². The van der Waals surface area contributed by atoms with Gasteiger partial charge in [-0.05, 0) is 37.5 Å². The molecule has 1 unspecified atom stereocenters. The molecule has 0 amide bonds. The summed E-state index contributed by atoms with van der Waals surface area (Å²) in [6.07, 6.45) is 5.76. The van der Waals surface area contributed by atoms with Gasteiger partial charge in [-0.25, -0.2) is 9.37 Å². The summed E-state index contributed by atoms with van der Waals surface area (Å²) in [5.74, 6) is 0.596. The fourth-order valence-corrected chi connectivity index (χ4v) is 4.38. The Morgan fingerprint density at radius 1 is 1.31 bits per heavy atom. The fourth-order valence-electron chi connectivity index (χ4n) is 4.38. The maximum absolute atomic E-state index is 14.4. The number of hydrogen-bond acceptors (Lipinski definition) is 8. The smallest absolute Gasteiger partial charge is 0.229 e. The zero-order valence-corrected chi connectivity index (χ0v) is 19.3. The predicted octanol–water partition coefficient (Wildman–Crippen LogP) is 4.43. The molecule has 0 radical (unpaired) electrons. The van der Waals surface area contributed by atoms with Crippen LogP contribution >= 0.6 is 0 Å². The van der Waals surface area contributed by atoms with Crippen molar-refractivity contribution in [1.82, 2.24) is 14.9 Å². The summed E-state index contributed by atoms with van der Waals surface area (Å²) in [6.45, 7) is 8.39. The maximum atomic E-state index is 14.4. The van der Waals surface area contributed by atoms with Crippen molar-refractivity contribution in [2.75, 3.05) is 50.1 Å². The van der Waals surface area contributed by atoms with Gasteiger partial charge in [0.05, 0.1) is 19.4 Å². The first-order valence-electron chi connectivity index (χ1n) is 11.9. The number of nitrogens with one attached hydrogen (secondary N) is 2. The molecule has 2 fully saturated rings. The third kappa shape index (κ3) is 7.73. The average Bonchev–Trinajstić information content (AvgIpc) is 2.87. The fraction of sp³-hybridized carbons (Fsp3) is 0.500. The van der Waals surface area contributed by atoms with E-state index in [1.54, 1.807) is 0 Å². The minimum atomic E-state index is -0.525. The molecule has 190 valence electrons. The van der Waals surface area contributed by atoms with Crippen LogP contribution in [-0.4, -0.2) is 66.1 Å². The van der Waals surface area contributed by atoms with E-state index in [0.717, 1.165) is 69.7 Å². The van der Waals surface area contributed by atoms with Crippen LogP contribution in [0.2, 0.25) is 0 Å². The number of rotatable bonds is 10. The molecule has 1 aromatic carbocycles. The quantitative estimate of drug-likeness (QED) is 0.478. The van der Waals surface area contributed by atoms with E-state index in [2.05, 4.69) is 32.1 Å². The van der Waals surface area contributed by atoms with E-state index < -0.39 is 5.82 Å². The summed E-state index contributed by atoms with van der Waals surface area (Å²) < 4.78 is 25.7. The Labute approximate surface area is 206 Å². The van der Waals surface area contributed by atoms with Crippen LogP contribution in [0, 0.1) is 11.7 Å². The first-order valence-corrected chi connectivity index (χ1v) is 11.9. The molecule has 0 spiro atoms. The van der Waals surface area contributed by atoms with Gasteiger partial charge in [-0.2, -0.15) is 4.98 Å². The van der Waals surface area contributed by atoms with E-state index in [0.29, 0.717) is 13.0 Å². The van der Waals surface area contributed by atoms with Crippen molar-refractivity contribution < 1.29 is 18.7 Å². The van der Waals surface area contributed by atoms with Crippen molar-refractivity contribution in [3.8, 4) is 5.75 Å². The summed E-state index contributed by atoms with van der Waals surface area (Å²) in [7, 11) is 0. The third-order valence-electron chi connectivity index (χ3n) is 6.23. The maximum Gasteiger partial charge on any atom is 0.229 e. The Morgan fingerprint density at radius 3 is 2.94 bits per heavy atom. The Balaban J connectivity index is 0.00000342. The standard InChI is InChI=1S/C25H32FN5O3.CH4/c1-2-23(32)18-5-3-6-19(15-18)28-24-22(26)17-27-25(30-24)29-20-7-4-8-21(16-20)34-14-11-31-9-12-33-13-10-31;/h2,4,7-8,16-19H,1,3,5-6,9-15H2,(H2,27,28,29,30);1H4/t18?,19-;/m1./s1. The number of nitrogens with zero attached hydrogens (tertiary/aromatic N) is 3. The van der Waals surface area contributed by atoms with E-state index >= 15 is 0 Å². The lowest BCUT2D eigenvalue weighted by Gasteiger charge is -2.28. The topological polar surface area (TPSA) is 88.6 Å². The number of halogens is 1. The normalized spacial score (nSPS) is 20.4. The Bertz CT molecular complexity index is 983. The highest BCUT2D eigenvalue weighted by Crippen LogP contribution is 2.28. The van der Waals surface area contributed by atoms with Crippen LogP contribution in [0.25, 0.3) is 0 Å². The number of carbonyl (C=O) groups excluding carboxylic acids is 1. The zero-order chi connectivity index (χ0) is 23.8. The van der Waals surface area contributed by atoms with Crippen LogP contribution < -0.4 is 15.4 Å². The van der Waals surface area contributed by atoms with Gasteiger partial charge >= 0.3 is 0 Å². The number of ketones is 1. The molecule has 1 saturated heterocycles. The van der Waals surface area contributed by atoms with Crippen LogP contribution in [0.15, 0.2) is 43.1 Å². The van der Waals surface area contributed by atoms with Crippen LogP contribution in [0.5, 0.6) is 5.75 Å². The first-order chi connectivity index (χ1) is 16.6. The van der Waals surface area contributed by atoms with Crippen molar-refractivity contribution >= 4 is 23.2 Å². The molecule has 1 aliphatic heterocycles. The highest BCUT2D eigenvalue weighted by atomic mass is 19.1.